The maximum Gasteiger partial charge on any atom is 0.323 e. The Bertz CT molecular complexity index is 298. The van der Waals surface area contributed by atoms with Crippen LogP contribution in [-0.2, 0) is 4.79 Å². The number of hydrogen-bond acceptors (Lipinski definition) is 3. The van der Waals surface area contributed by atoms with Crippen molar-refractivity contribution in [3.63, 3.8) is 0 Å². The molecule has 0 atom stereocenters. The molecular weight excluding hydrogens is 222 g/mol. The molecule has 0 spiro atoms. The fourth-order valence-corrected chi connectivity index (χ4v) is 1.82. The Morgan fingerprint density at radius 2 is 2.06 bits per heavy atom. The molecule has 0 unspecified atom stereocenters. The van der Waals surface area contributed by atoms with Gasteiger partial charge in [0.1, 0.15) is 6.54 Å². The van der Waals surface area contributed by atoms with Crippen molar-refractivity contribution in [2.75, 3.05) is 26.2 Å². The highest BCUT2D eigenvalue weighted by molar-refractivity contribution is 5.80. The van der Waals surface area contributed by atoms with Crippen LogP contribution in [0.2, 0.25) is 0 Å². The first kappa shape index (κ1) is 13.5. The van der Waals surface area contributed by atoms with E-state index in [9.17, 15) is 9.59 Å². The quantitative estimate of drug-likeness (QED) is 0.683. The third kappa shape index (κ3) is 4.07. The molecule has 1 aliphatic heterocycles. The molecule has 1 saturated heterocycles. The zero-order valence-corrected chi connectivity index (χ0v) is 9.84. The van der Waals surface area contributed by atoms with Crippen LogP contribution in [0.15, 0.2) is 12.7 Å². The summed E-state index contributed by atoms with van der Waals surface area (Å²) in [5, 5.41) is 8.73. The standard InChI is InChI=1S/C11H19N3O3/c1-2-5-14(8-10(15)16)11(17)13-6-3-9(12)4-7-13/h2,9H,1,3-8,12H2,(H,15,16). The molecule has 17 heavy (non-hydrogen) atoms. The van der Waals surface area contributed by atoms with Crippen LogP contribution in [0.1, 0.15) is 12.8 Å². The number of amides is 2. The first-order valence-electron chi connectivity index (χ1n) is 5.66. The van der Waals surface area contributed by atoms with Crippen LogP contribution in [0.3, 0.4) is 0 Å². The van der Waals surface area contributed by atoms with Crippen molar-refractivity contribution in [1.29, 1.82) is 0 Å². The lowest BCUT2D eigenvalue weighted by Gasteiger charge is -2.33. The summed E-state index contributed by atoms with van der Waals surface area (Å²) < 4.78 is 0. The number of likely N-dealkylation sites (tertiary alicyclic amines) is 1. The van der Waals surface area contributed by atoms with Gasteiger partial charge in [-0.2, -0.15) is 0 Å². The summed E-state index contributed by atoms with van der Waals surface area (Å²) in [4.78, 5) is 25.6. The van der Waals surface area contributed by atoms with Crippen LogP contribution in [0, 0.1) is 0 Å². The van der Waals surface area contributed by atoms with Gasteiger partial charge in [0.2, 0.25) is 0 Å². The third-order valence-corrected chi connectivity index (χ3v) is 2.76. The van der Waals surface area contributed by atoms with Crippen LogP contribution in [-0.4, -0.2) is 59.1 Å². The molecular formula is C11H19N3O3. The van der Waals surface area contributed by atoms with Crippen LogP contribution < -0.4 is 5.73 Å². The lowest BCUT2D eigenvalue weighted by atomic mass is 10.1. The van der Waals surface area contributed by atoms with Gasteiger partial charge in [-0.15, -0.1) is 6.58 Å². The van der Waals surface area contributed by atoms with Gasteiger partial charge in [0, 0.05) is 25.7 Å². The monoisotopic (exact) mass is 241 g/mol. The first-order valence-corrected chi connectivity index (χ1v) is 5.66. The van der Waals surface area contributed by atoms with Crippen molar-refractivity contribution >= 4 is 12.0 Å². The molecule has 1 aliphatic rings. The summed E-state index contributed by atoms with van der Waals surface area (Å²) in [6, 6.07) is -0.106. The van der Waals surface area contributed by atoms with E-state index in [0.29, 0.717) is 13.1 Å². The molecule has 3 N–H and O–H groups in total. The van der Waals surface area contributed by atoms with Gasteiger partial charge in [-0.05, 0) is 12.8 Å². The highest BCUT2D eigenvalue weighted by Crippen LogP contribution is 2.10. The van der Waals surface area contributed by atoms with Crippen molar-refractivity contribution in [2.45, 2.75) is 18.9 Å². The minimum atomic E-state index is -1.02. The molecule has 0 saturated carbocycles. The van der Waals surface area contributed by atoms with Gasteiger partial charge in [-0.1, -0.05) is 6.08 Å². The summed E-state index contributed by atoms with van der Waals surface area (Å²) in [5.74, 6) is -1.02. The van der Waals surface area contributed by atoms with Gasteiger partial charge in [-0.25, -0.2) is 4.79 Å². The molecule has 6 nitrogen and oxygen atoms in total. The number of carbonyl (C=O) groups excluding carboxylic acids is 1. The van der Waals surface area contributed by atoms with E-state index in [1.54, 1.807) is 4.90 Å². The van der Waals surface area contributed by atoms with Crippen LogP contribution in [0.5, 0.6) is 0 Å². The number of hydrogen-bond donors (Lipinski definition) is 2. The second kappa shape index (κ2) is 6.24. The lowest BCUT2D eigenvalue weighted by Crippen LogP contribution is -2.50. The number of carboxylic acids is 1. The van der Waals surface area contributed by atoms with Crippen molar-refractivity contribution in [3.8, 4) is 0 Å². The zero-order valence-electron chi connectivity index (χ0n) is 9.84. The minimum Gasteiger partial charge on any atom is -0.480 e. The fourth-order valence-electron chi connectivity index (χ4n) is 1.82. The van der Waals surface area contributed by atoms with Gasteiger partial charge >= 0.3 is 12.0 Å². The Morgan fingerprint density at radius 1 is 1.47 bits per heavy atom. The summed E-state index contributed by atoms with van der Waals surface area (Å²) in [5.41, 5.74) is 5.75. The van der Waals surface area contributed by atoms with E-state index in [2.05, 4.69) is 6.58 Å². The smallest absolute Gasteiger partial charge is 0.323 e. The third-order valence-electron chi connectivity index (χ3n) is 2.76. The van der Waals surface area contributed by atoms with Crippen LogP contribution in [0.4, 0.5) is 4.79 Å². The fraction of sp³-hybridized carbons (Fsp3) is 0.636. The zero-order chi connectivity index (χ0) is 12.8. The van der Waals surface area contributed by atoms with Crippen molar-refractivity contribution in [2.24, 2.45) is 5.73 Å². The van der Waals surface area contributed by atoms with Gasteiger partial charge in [-0.3, -0.25) is 4.79 Å². The second-order valence-corrected chi connectivity index (χ2v) is 4.17. The SMILES string of the molecule is C=CCN(CC(=O)O)C(=O)N1CCC(N)CC1. The molecule has 1 heterocycles. The van der Waals surface area contributed by atoms with Crippen molar-refractivity contribution in [3.05, 3.63) is 12.7 Å². The Balaban J connectivity index is 2.57. The van der Waals surface area contributed by atoms with E-state index >= 15 is 0 Å². The Kier molecular flexibility index (Phi) is 4.96. The van der Waals surface area contributed by atoms with E-state index in [1.807, 2.05) is 0 Å². The molecule has 0 aromatic heterocycles. The largest absolute Gasteiger partial charge is 0.480 e. The van der Waals surface area contributed by atoms with E-state index < -0.39 is 5.97 Å². The average Bonchev–Trinajstić information content (AvgIpc) is 2.28. The number of nitrogens with zero attached hydrogens (tertiary/aromatic N) is 2. The number of nitrogens with two attached hydrogens (primary N) is 1. The molecule has 0 aliphatic carbocycles. The number of aliphatic carboxylic acids is 1. The molecule has 0 radical (unpaired) electrons. The van der Waals surface area contributed by atoms with E-state index in [1.165, 1.54) is 11.0 Å². The van der Waals surface area contributed by atoms with E-state index in [4.69, 9.17) is 10.8 Å². The molecule has 1 fully saturated rings. The number of rotatable bonds is 4. The molecule has 1 rings (SSSR count). The Labute approximate surface area is 101 Å². The molecule has 6 heteroatoms. The summed E-state index contributed by atoms with van der Waals surface area (Å²) >= 11 is 0. The van der Waals surface area contributed by atoms with Crippen LogP contribution >= 0.6 is 0 Å². The highest BCUT2D eigenvalue weighted by Gasteiger charge is 2.25. The minimum absolute atomic E-state index is 0.145. The highest BCUT2D eigenvalue weighted by atomic mass is 16.4. The van der Waals surface area contributed by atoms with Crippen molar-refractivity contribution in [1.82, 2.24) is 9.80 Å². The molecule has 0 aromatic rings. The van der Waals surface area contributed by atoms with Gasteiger partial charge < -0.3 is 20.6 Å². The predicted octanol–water partition coefficient (Wildman–Crippen LogP) is 0.102. The Hall–Kier alpha value is -1.56. The van der Waals surface area contributed by atoms with Gasteiger partial charge in [0.15, 0.2) is 0 Å². The molecule has 96 valence electrons. The van der Waals surface area contributed by atoms with Gasteiger partial charge in [0.05, 0.1) is 0 Å². The number of carboxylic acid groups (broad SMARTS) is 1. The summed E-state index contributed by atoms with van der Waals surface area (Å²) in [6.07, 6.45) is 3.05. The first-order chi connectivity index (χ1) is 8.04. The molecule has 2 amide bonds. The van der Waals surface area contributed by atoms with Crippen LogP contribution in [0.25, 0.3) is 0 Å². The topological polar surface area (TPSA) is 86.9 Å². The predicted molar refractivity (Wildman–Crippen MR) is 63.6 cm³/mol. The second-order valence-electron chi connectivity index (χ2n) is 4.17. The lowest BCUT2D eigenvalue weighted by molar-refractivity contribution is -0.137. The molecule has 0 bridgehead atoms. The maximum absolute atomic E-state index is 12.0. The normalized spacial score (nSPS) is 16.6. The van der Waals surface area contributed by atoms with E-state index in [0.717, 1.165) is 12.8 Å². The van der Waals surface area contributed by atoms with Crippen molar-refractivity contribution < 1.29 is 14.7 Å². The Morgan fingerprint density at radius 3 is 2.53 bits per heavy atom. The number of urea groups is 1. The number of piperidine rings is 1. The van der Waals surface area contributed by atoms with E-state index in [-0.39, 0.29) is 25.2 Å². The molecule has 0 aromatic carbocycles. The summed E-state index contributed by atoms with van der Waals surface area (Å²) in [6.45, 7) is 4.65. The summed E-state index contributed by atoms with van der Waals surface area (Å²) in [7, 11) is 0. The number of carbonyl (C=O) groups is 2. The maximum atomic E-state index is 12.0. The van der Waals surface area contributed by atoms with Gasteiger partial charge in [0.25, 0.3) is 0 Å². The average molecular weight is 241 g/mol.